The van der Waals surface area contributed by atoms with E-state index < -0.39 is 6.04 Å². The van der Waals surface area contributed by atoms with E-state index in [1.807, 2.05) is 24.3 Å². The number of hydrogen-bond acceptors (Lipinski definition) is 4. The fraction of sp³-hybridized carbons (Fsp3) is 0.385. The number of nitrogens with one attached hydrogen (secondary N) is 1. The van der Waals surface area contributed by atoms with Gasteiger partial charge in [0.1, 0.15) is 6.04 Å². The maximum absolute atomic E-state index is 11.4. The summed E-state index contributed by atoms with van der Waals surface area (Å²) in [5.41, 5.74) is 12.8. The van der Waals surface area contributed by atoms with Crippen LogP contribution in [-0.4, -0.2) is 29.5 Å². The van der Waals surface area contributed by atoms with Crippen LogP contribution in [0.1, 0.15) is 18.1 Å². The van der Waals surface area contributed by atoms with E-state index in [-0.39, 0.29) is 12.5 Å². The van der Waals surface area contributed by atoms with Gasteiger partial charge < -0.3 is 21.9 Å². The highest BCUT2D eigenvalue weighted by molar-refractivity contribution is 5.81. The molecule has 0 saturated carbocycles. The van der Waals surface area contributed by atoms with Crippen molar-refractivity contribution in [2.75, 3.05) is 6.61 Å². The summed E-state index contributed by atoms with van der Waals surface area (Å²) in [4.78, 5) is 15.5. The minimum atomic E-state index is -0.882. The number of carbonyl (C=O) groups excluding carboxylic acids is 1. The van der Waals surface area contributed by atoms with Crippen molar-refractivity contribution in [3.8, 4) is 0 Å². The first kappa shape index (κ1) is 15.1. The summed E-state index contributed by atoms with van der Waals surface area (Å²) in [6, 6.07) is 6.79. The number of nitrogens with zero attached hydrogens (tertiary/aromatic N) is 1. The van der Waals surface area contributed by atoms with Crippen LogP contribution in [0.4, 0.5) is 0 Å². The lowest BCUT2D eigenvalue weighted by molar-refractivity contribution is -0.123. The summed E-state index contributed by atoms with van der Waals surface area (Å²) in [5.74, 6) is 0.163. The van der Waals surface area contributed by atoms with Gasteiger partial charge in [0.25, 0.3) is 0 Å². The number of nitrogens with two attached hydrogens (primary N) is 2. The highest BCUT2D eigenvalue weighted by Crippen LogP contribution is 2.06. The first-order chi connectivity index (χ1) is 9.02. The van der Waals surface area contributed by atoms with Crippen molar-refractivity contribution in [1.29, 1.82) is 0 Å². The van der Waals surface area contributed by atoms with Crippen molar-refractivity contribution >= 4 is 11.7 Å². The van der Waals surface area contributed by atoms with Crippen molar-refractivity contribution in [2.45, 2.75) is 26.1 Å². The molecule has 0 bridgehead atoms. The minimum absolute atomic E-state index is 0.365. The Kier molecular flexibility index (Phi) is 5.98. The molecule has 6 nitrogen and oxygen atoms in total. The molecule has 0 saturated heterocycles. The molecule has 0 fully saturated rings. The van der Waals surface area contributed by atoms with Crippen LogP contribution in [0, 0.1) is 0 Å². The molecule has 0 aliphatic rings. The number of amides is 1. The van der Waals surface area contributed by atoms with Gasteiger partial charge in [-0.25, -0.2) is 0 Å². The first-order valence-electron chi connectivity index (χ1n) is 6.01. The smallest absolute Gasteiger partial charge is 0.239 e. The van der Waals surface area contributed by atoms with Crippen LogP contribution in [0.5, 0.6) is 0 Å². The number of amidine groups is 1. The molecule has 1 rings (SSSR count). The molecule has 6 heteroatoms. The van der Waals surface area contributed by atoms with Crippen LogP contribution in [0.3, 0.4) is 0 Å². The van der Waals surface area contributed by atoms with Gasteiger partial charge in [0.15, 0.2) is 0 Å². The number of rotatable bonds is 6. The lowest BCUT2D eigenvalue weighted by Crippen LogP contribution is -2.42. The quantitative estimate of drug-likeness (QED) is 0.409. The van der Waals surface area contributed by atoms with Crippen LogP contribution < -0.4 is 16.8 Å². The van der Waals surface area contributed by atoms with E-state index in [2.05, 4.69) is 10.3 Å². The van der Waals surface area contributed by atoms with Gasteiger partial charge in [0, 0.05) is 6.54 Å². The topological polar surface area (TPSA) is 114 Å². The molecule has 0 aromatic heterocycles. The second kappa shape index (κ2) is 7.50. The summed E-state index contributed by atoms with van der Waals surface area (Å²) >= 11 is 0. The van der Waals surface area contributed by atoms with Gasteiger partial charge in [0.2, 0.25) is 5.91 Å². The number of aliphatic hydroxyl groups is 1. The van der Waals surface area contributed by atoms with Crippen LogP contribution in [0.2, 0.25) is 0 Å². The zero-order chi connectivity index (χ0) is 14.3. The van der Waals surface area contributed by atoms with E-state index in [0.29, 0.717) is 18.9 Å². The second-order valence-electron chi connectivity index (χ2n) is 4.28. The summed E-state index contributed by atoms with van der Waals surface area (Å²) in [6.07, 6.45) is 0. The Morgan fingerprint density at radius 3 is 2.79 bits per heavy atom. The predicted molar refractivity (Wildman–Crippen MR) is 74.4 cm³/mol. The number of carbonyl (C=O) groups is 1. The van der Waals surface area contributed by atoms with Crippen LogP contribution in [0.15, 0.2) is 29.3 Å². The molecular formula is C13H20N4O2. The second-order valence-corrected chi connectivity index (χ2v) is 4.28. The molecule has 1 atom stereocenters. The Bertz CT molecular complexity index is 456. The summed E-state index contributed by atoms with van der Waals surface area (Å²) in [6.45, 7) is 2.25. The average molecular weight is 264 g/mol. The van der Waals surface area contributed by atoms with Crippen molar-refractivity contribution < 1.29 is 9.90 Å². The molecule has 1 aromatic carbocycles. The maximum Gasteiger partial charge on any atom is 0.239 e. The first-order valence-corrected chi connectivity index (χ1v) is 6.01. The monoisotopic (exact) mass is 264 g/mol. The zero-order valence-electron chi connectivity index (χ0n) is 11.0. The largest absolute Gasteiger partial charge is 0.394 e. The SMILES string of the molecule is CC(N)=NCc1cccc(CNC(=O)[C@@H](N)CO)c1. The molecule has 1 amide bonds. The van der Waals surface area contributed by atoms with Crippen molar-refractivity contribution in [2.24, 2.45) is 16.5 Å². The zero-order valence-corrected chi connectivity index (χ0v) is 11.0. The molecular weight excluding hydrogens is 244 g/mol. The van der Waals surface area contributed by atoms with Crippen molar-refractivity contribution in [1.82, 2.24) is 5.32 Å². The normalized spacial score (nSPS) is 13.1. The maximum atomic E-state index is 11.4. The molecule has 104 valence electrons. The summed E-state index contributed by atoms with van der Waals surface area (Å²) < 4.78 is 0. The molecule has 6 N–H and O–H groups in total. The van der Waals surface area contributed by atoms with E-state index in [4.69, 9.17) is 16.6 Å². The van der Waals surface area contributed by atoms with E-state index in [9.17, 15) is 4.79 Å². The number of aliphatic hydroxyl groups excluding tert-OH is 1. The summed E-state index contributed by atoms with van der Waals surface area (Å²) in [7, 11) is 0. The Hall–Kier alpha value is -1.92. The van der Waals surface area contributed by atoms with Crippen LogP contribution >= 0.6 is 0 Å². The van der Waals surface area contributed by atoms with Crippen LogP contribution in [-0.2, 0) is 17.9 Å². The average Bonchev–Trinajstić information content (AvgIpc) is 2.42. The molecule has 1 aromatic rings. The Morgan fingerprint density at radius 2 is 2.16 bits per heavy atom. The standard InChI is InChI=1S/C13H20N4O2/c1-9(14)16-6-10-3-2-4-11(5-10)7-17-13(19)12(15)8-18/h2-5,12,18H,6-8,15H2,1H3,(H2,14,16)(H,17,19)/t12-/m0/s1. The van der Waals surface area contributed by atoms with Gasteiger partial charge in [-0.2, -0.15) is 0 Å². The molecule has 0 spiro atoms. The number of hydrogen-bond donors (Lipinski definition) is 4. The highest BCUT2D eigenvalue weighted by Gasteiger charge is 2.10. The predicted octanol–water partition coefficient (Wildman–Crippen LogP) is -0.500. The molecule has 0 aliphatic carbocycles. The van der Waals surface area contributed by atoms with E-state index in [0.717, 1.165) is 11.1 Å². The fourth-order valence-electron chi connectivity index (χ4n) is 1.46. The Morgan fingerprint density at radius 1 is 1.47 bits per heavy atom. The minimum Gasteiger partial charge on any atom is -0.394 e. The molecule has 0 unspecified atom stereocenters. The van der Waals surface area contributed by atoms with E-state index >= 15 is 0 Å². The lowest BCUT2D eigenvalue weighted by atomic mass is 10.1. The third kappa shape index (κ3) is 5.50. The molecule has 19 heavy (non-hydrogen) atoms. The molecule has 0 heterocycles. The van der Waals surface area contributed by atoms with E-state index in [1.165, 1.54) is 0 Å². The van der Waals surface area contributed by atoms with Crippen molar-refractivity contribution in [3.05, 3.63) is 35.4 Å². The van der Waals surface area contributed by atoms with Gasteiger partial charge in [-0.1, -0.05) is 24.3 Å². The van der Waals surface area contributed by atoms with Gasteiger partial charge in [-0.05, 0) is 18.1 Å². The van der Waals surface area contributed by atoms with Gasteiger partial charge in [0.05, 0.1) is 19.0 Å². The number of aliphatic imine (C=N–C) groups is 1. The highest BCUT2D eigenvalue weighted by atomic mass is 16.3. The van der Waals surface area contributed by atoms with E-state index in [1.54, 1.807) is 6.92 Å². The Labute approximate surface area is 112 Å². The third-order valence-corrected chi connectivity index (χ3v) is 2.50. The lowest BCUT2D eigenvalue weighted by Gasteiger charge is -2.10. The number of benzene rings is 1. The van der Waals surface area contributed by atoms with Crippen LogP contribution in [0.25, 0.3) is 0 Å². The van der Waals surface area contributed by atoms with Crippen molar-refractivity contribution in [3.63, 3.8) is 0 Å². The molecule has 0 radical (unpaired) electrons. The van der Waals surface area contributed by atoms with Gasteiger partial charge in [-0.15, -0.1) is 0 Å². The Balaban J connectivity index is 2.57. The van der Waals surface area contributed by atoms with Gasteiger partial charge in [-0.3, -0.25) is 9.79 Å². The van der Waals surface area contributed by atoms with Gasteiger partial charge >= 0.3 is 0 Å². The fourth-order valence-corrected chi connectivity index (χ4v) is 1.46. The molecule has 0 aliphatic heterocycles. The third-order valence-electron chi connectivity index (χ3n) is 2.50. The summed E-state index contributed by atoms with van der Waals surface area (Å²) in [5, 5.41) is 11.4.